The average Bonchev–Trinajstić information content (AvgIpc) is 2.59. The number of hydrogen-bond acceptors (Lipinski definition) is 6. The third kappa shape index (κ3) is 5.10. The van der Waals surface area contributed by atoms with Crippen molar-refractivity contribution in [3.63, 3.8) is 0 Å². The van der Waals surface area contributed by atoms with E-state index in [1.807, 2.05) is 13.8 Å². The molecular weight excluding hydrogens is 356 g/mol. The number of rotatable bonds is 8. The lowest BCUT2D eigenvalue weighted by Gasteiger charge is -2.28. The maximum atomic E-state index is 12.3. The van der Waals surface area contributed by atoms with E-state index < -0.39 is 12.0 Å². The lowest BCUT2D eigenvalue weighted by atomic mass is 10.0. The van der Waals surface area contributed by atoms with Crippen molar-refractivity contribution in [3.05, 3.63) is 33.4 Å². The van der Waals surface area contributed by atoms with Crippen LogP contribution in [0.1, 0.15) is 39.3 Å². The van der Waals surface area contributed by atoms with Crippen molar-refractivity contribution >= 4 is 23.8 Å². The van der Waals surface area contributed by atoms with Crippen LogP contribution in [0, 0.1) is 0 Å². The zero-order chi connectivity index (χ0) is 19.1. The largest absolute Gasteiger partial charge is 0.463 e. The van der Waals surface area contributed by atoms with Crippen LogP contribution < -0.4 is 16.2 Å². The van der Waals surface area contributed by atoms with Gasteiger partial charge in [0.25, 0.3) is 5.56 Å². The molecule has 1 aromatic heterocycles. The van der Waals surface area contributed by atoms with Gasteiger partial charge in [-0.15, -0.1) is 0 Å². The van der Waals surface area contributed by atoms with Crippen LogP contribution >= 0.6 is 11.8 Å². The van der Waals surface area contributed by atoms with E-state index in [1.54, 1.807) is 6.92 Å². The van der Waals surface area contributed by atoms with Crippen LogP contribution in [0.2, 0.25) is 0 Å². The van der Waals surface area contributed by atoms with Gasteiger partial charge in [0.15, 0.2) is 5.16 Å². The molecule has 0 aromatic carbocycles. The highest BCUT2D eigenvalue weighted by molar-refractivity contribution is 7.99. The predicted molar refractivity (Wildman–Crippen MR) is 99.0 cm³/mol. The number of hydrogen-bond donors (Lipinski definition) is 3. The standard InChI is InChI=1S/C17H24N4O4S/c1-4-7-10-8-13(22)21-17(18-10)26-9-12-14(15(23)25-6-3)11(5-2)19-16(24)20-12/h8,11H,4-7,9H2,1-3H3,(H,18,21,22)(H2,19,20,24)/t11-/m0/s1. The molecule has 2 amide bonds. The monoisotopic (exact) mass is 380 g/mol. The number of ether oxygens (including phenoxy) is 1. The SMILES string of the molecule is CCCc1cc(=O)[nH]c(SCC2=C(C(=O)OCC)[C@H](CC)NC(=O)N2)n1. The summed E-state index contributed by atoms with van der Waals surface area (Å²) in [6.07, 6.45) is 2.17. The van der Waals surface area contributed by atoms with E-state index in [9.17, 15) is 14.4 Å². The molecule has 0 unspecified atom stereocenters. The number of aromatic amines is 1. The summed E-state index contributed by atoms with van der Waals surface area (Å²) in [4.78, 5) is 43.1. The zero-order valence-corrected chi connectivity index (χ0v) is 16.0. The van der Waals surface area contributed by atoms with Crippen LogP contribution in [0.3, 0.4) is 0 Å². The third-order valence-corrected chi connectivity index (χ3v) is 4.68. The molecule has 1 aromatic rings. The highest BCUT2D eigenvalue weighted by Gasteiger charge is 2.31. The zero-order valence-electron chi connectivity index (χ0n) is 15.2. The van der Waals surface area contributed by atoms with Crippen LogP contribution in [-0.2, 0) is 16.0 Å². The van der Waals surface area contributed by atoms with Gasteiger partial charge >= 0.3 is 12.0 Å². The van der Waals surface area contributed by atoms with Crippen LogP contribution in [0.25, 0.3) is 0 Å². The number of carbonyl (C=O) groups is 2. The molecule has 0 aliphatic carbocycles. The molecule has 1 aliphatic rings. The van der Waals surface area contributed by atoms with Crippen molar-refractivity contribution in [1.82, 2.24) is 20.6 Å². The van der Waals surface area contributed by atoms with E-state index in [-0.39, 0.29) is 24.0 Å². The predicted octanol–water partition coefficient (Wildman–Crippen LogP) is 1.72. The summed E-state index contributed by atoms with van der Waals surface area (Å²) in [7, 11) is 0. The van der Waals surface area contributed by atoms with Gasteiger partial charge in [0.05, 0.1) is 18.2 Å². The minimum Gasteiger partial charge on any atom is -0.463 e. The number of urea groups is 1. The first-order chi connectivity index (χ1) is 12.5. The molecule has 0 fully saturated rings. The summed E-state index contributed by atoms with van der Waals surface area (Å²) in [5.41, 5.74) is 1.39. The van der Waals surface area contributed by atoms with Crippen molar-refractivity contribution in [2.75, 3.05) is 12.4 Å². The maximum absolute atomic E-state index is 12.3. The van der Waals surface area contributed by atoms with Gasteiger partial charge in [0, 0.05) is 23.2 Å². The number of carbonyl (C=O) groups excluding carboxylic acids is 2. The molecule has 9 heteroatoms. The number of nitrogens with zero attached hydrogens (tertiary/aromatic N) is 1. The van der Waals surface area contributed by atoms with E-state index in [2.05, 4.69) is 20.6 Å². The number of aromatic nitrogens is 2. The summed E-state index contributed by atoms with van der Waals surface area (Å²) in [5.74, 6) is -0.167. The third-order valence-electron chi connectivity index (χ3n) is 3.78. The Balaban J connectivity index is 2.26. The van der Waals surface area contributed by atoms with E-state index in [4.69, 9.17) is 4.74 Å². The Bertz CT molecular complexity index is 759. The number of nitrogens with one attached hydrogen (secondary N) is 3. The summed E-state index contributed by atoms with van der Waals surface area (Å²) >= 11 is 1.26. The Hall–Kier alpha value is -2.29. The Labute approximate surface area is 156 Å². The Kier molecular flexibility index (Phi) is 7.26. The first-order valence-electron chi connectivity index (χ1n) is 8.69. The Morgan fingerprint density at radius 2 is 2.08 bits per heavy atom. The Morgan fingerprint density at radius 1 is 1.31 bits per heavy atom. The minimum absolute atomic E-state index is 0.216. The van der Waals surface area contributed by atoms with Crippen molar-refractivity contribution in [3.8, 4) is 0 Å². The van der Waals surface area contributed by atoms with Crippen LogP contribution in [0.5, 0.6) is 0 Å². The molecule has 3 N–H and O–H groups in total. The van der Waals surface area contributed by atoms with Crippen LogP contribution in [0.15, 0.2) is 27.3 Å². The topological polar surface area (TPSA) is 113 Å². The molecule has 0 saturated heterocycles. The summed E-state index contributed by atoms with van der Waals surface area (Å²) in [5, 5.41) is 5.87. The van der Waals surface area contributed by atoms with Crippen LogP contribution in [0.4, 0.5) is 4.79 Å². The highest BCUT2D eigenvalue weighted by Crippen LogP contribution is 2.22. The average molecular weight is 380 g/mol. The van der Waals surface area contributed by atoms with Gasteiger partial charge < -0.3 is 20.4 Å². The van der Waals surface area contributed by atoms with Crippen molar-refractivity contribution in [2.45, 2.75) is 51.2 Å². The number of thioether (sulfide) groups is 1. The second kappa shape index (κ2) is 9.42. The van der Waals surface area contributed by atoms with Gasteiger partial charge in [0.2, 0.25) is 0 Å². The molecule has 0 radical (unpaired) electrons. The summed E-state index contributed by atoms with van der Waals surface area (Å²) < 4.78 is 5.13. The lowest BCUT2D eigenvalue weighted by Crippen LogP contribution is -2.50. The van der Waals surface area contributed by atoms with Crippen molar-refractivity contribution < 1.29 is 14.3 Å². The number of amides is 2. The normalized spacial score (nSPS) is 16.9. The van der Waals surface area contributed by atoms with Gasteiger partial charge in [0.1, 0.15) is 0 Å². The van der Waals surface area contributed by atoms with Gasteiger partial charge in [-0.25, -0.2) is 14.6 Å². The minimum atomic E-state index is -0.455. The van der Waals surface area contributed by atoms with E-state index in [0.29, 0.717) is 29.3 Å². The molecule has 2 rings (SSSR count). The van der Waals surface area contributed by atoms with Crippen LogP contribution in [-0.4, -0.2) is 40.4 Å². The van der Waals surface area contributed by atoms with Gasteiger partial charge in [-0.2, -0.15) is 0 Å². The number of aryl methyl sites for hydroxylation is 1. The molecule has 0 spiro atoms. The quantitative estimate of drug-likeness (QED) is 0.360. The molecule has 0 bridgehead atoms. The van der Waals surface area contributed by atoms with Crippen molar-refractivity contribution in [1.29, 1.82) is 0 Å². The maximum Gasteiger partial charge on any atom is 0.337 e. The van der Waals surface area contributed by atoms with Crippen molar-refractivity contribution in [2.24, 2.45) is 0 Å². The fraction of sp³-hybridized carbons (Fsp3) is 0.529. The highest BCUT2D eigenvalue weighted by atomic mass is 32.2. The van der Waals surface area contributed by atoms with E-state index in [0.717, 1.165) is 12.1 Å². The second-order valence-corrected chi connectivity index (χ2v) is 6.72. The number of esters is 1. The smallest absolute Gasteiger partial charge is 0.337 e. The second-order valence-electron chi connectivity index (χ2n) is 5.75. The molecule has 142 valence electrons. The summed E-state index contributed by atoms with van der Waals surface area (Å²) in [6, 6.07) is 0.717. The molecule has 1 atom stereocenters. The van der Waals surface area contributed by atoms with Gasteiger partial charge in [-0.05, 0) is 19.8 Å². The molecule has 8 nitrogen and oxygen atoms in total. The van der Waals surface area contributed by atoms with Gasteiger partial charge in [-0.3, -0.25) is 4.79 Å². The number of H-pyrrole nitrogens is 1. The lowest BCUT2D eigenvalue weighted by molar-refractivity contribution is -0.139. The Morgan fingerprint density at radius 3 is 2.73 bits per heavy atom. The first kappa shape index (κ1) is 20.0. The van der Waals surface area contributed by atoms with E-state index in [1.165, 1.54) is 17.8 Å². The molecule has 0 saturated carbocycles. The summed E-state index contributed by atoms with van der Waals surface area (Å²) in [6.45, 7) is 5.88. The van der Waals surface area contributed by atoms with Gasteiger partial charge in [-0.1, -0.05) is 32.0 Å². The fourth-order valence-electron chi connectivity index (χ4n) is 2.65. The molecule has 1 aliphatic heterocycles. The fourth-order valence-corrected chi connectivity index (χ4v) is 3.52. The molecule has 26 heavy (non-hydrogen) atoms. The molecular formula is C17H24N4O4S. The first-order valence-corrected chi connectivity index (χ1v) is 9.67. The van der Waals surface area contributed by atoms with E-state index >= 15 is 0 Å². The molecule has 2 heterocycles.